The first-order valence-electron chi connectivity index (χ1n) is 6.98. The second-order valence-corrected chi connectivity index (χ2v) is 4.87. The van der Waals surface area contributed by atoms with Gasteiger partial charge in [0.15, 0.2) is 11.6 Å². The molecule has 0 atom stereocenters. The van der Waals surface area contributed by atoms with Crippen molar-refractivity contribution in [2.45, 2.75) is 0 Å². The summed E-state index contributed by atoms with van der Waals surface area (Å²) in [6.07, 6.45) is 3.39. The first kappa shape index (κ1) is 15.4. The largest absolute Gasteiger partial charge is 0.302 e. The van der Waals surface area contributed by atoms with Crippen LogP contribution in [0.4, 0.5) is 23.0 Å². The number of para-hydroxylation sites is 2. The molecule has 0 fully saturated rings. The average molecular weight is 478 g/mol. The van der Waals surface area contributed by atoms with Gasteiger partial charge in [-0.3, -0.25) is 4.90 Å². The quantitative estimate of drug-likeness (QED) is 0.522. The van der Waals surface area contributed by atoms with Crippen LogP contribution in [0.15, 0.2) is 79.4 Å². The molecule has 4 nitrogen and oxygen atoms in total. The third-order valence-electron chi connectivity index (χ3n) is 3.55. The van der Waals surface area contributed by atoms with Gasteiger partial charge in [0.2, 0.25) is 0 Å². The monoisotopic (exact) mass is 478 g/mol. The van der Waals surface area contributed by atoms with E-state index < -0.39 is 0 Å². The SMILES string of the molecule is C=C1N(c2[c-]cccc2)c2nccnc2N1c1ccccc1.[Ir]. The zero-order chi connectivity index (χ0) is 14.9. The summed E-state index contributed by atoms with van der Waals surface area (Å²) in [6.45, 7) is 4.24. The number of benzene rings is 2. The molecule has 0 saturated heterocycles. The number of fused-ring (bicyclic) bond motifs is 1. The summed E-state index contributed by atoms with van der Waals surface area (Å²) in [5.74, 6) is 2.32. The number of hydrogen-bond acceptors (Lipinski definition) is 4. The van der Waals surface area contributed by atoms with E-state index in [0.29, 0.717) is 0 Å². The van der Waals surface area contributed by atoms with Crippen molar-refractivity contribution >= 4 is 23.0 Å². The normalized spacial score (nSPS) is 12.8. The third kappa shape index (κ3) is 2.54. The minimum absolute atomic E-state index is 0. The van der Waals surface area contributed by atoms with Crippen molar-refractivity contribution in [2.24, 2.45) is 0 Å². The molecule has 0 saturated carbocycles. The summed E-state index contributed by atoms with van der Waals surface area (Å²) in [7, 11) is 0. The summed E-state index contributed by atoms with van der Waals surface area (Å²) in [4.78, 5) is 12.9. The Kier molecular flexibility index (Phi) is 4.24. The van der Waals surface area contributed by atoms with Crippen LogP contribution in [0.5, 0.6) is 0 Å². The van der Waals surface area contributed by atoms with E-state index in [1.807, 2.05) is 64.4 Å². The smallest absolute Gasteiger partial charge is 0.182 e. The molecule has 115 valence electrons. The molecule has 1 aromatic heterocycles. The summed E-state index contributed by atoms with van der Waals surface area (Å²) < 4.78 is 0. The molecule has 2 heterocycles. The first-order valence-corrected chi connectivity index (χ1v) is 6.98. The molecule has 2 aromatic carbocycles. The number of rotatable bonds is 2. The predicted octanol–water partition coefficient (Wildman–Crippen LogP) is 4.04. The zero-order valence-electron chi connectivity index (χ0n) is 12.2. The predicted molar refractivity (Wildman–Crippen MR) is 87.2 cm³/mol. The molecule has 1 aliphatic heterocycles. The Hall–Kier alpha value is -2.49. The summed E-state index contributed by atoms with van der Waals surface area (Å²) in [5.41, 5.74) is 1.90. The van der Waals surface area contributed by atoms with Gasteiger partial charge in [-0.05, 0) is 12.1 Å². The topological polar surface area (TPSA) is 32.3 Å². The Bertz CT molecular complexity index is 752. The number of hydrogen-bond donors (Lipinski definition) is 0. The van der Waals surface area contributed by atoms with Crippen molar-refractivity contribution in [3.8, 4) is 0 Å². The fraction of sp³-hybridized carbons (Fsp3) is 0. The maximum Gasteiger partial charge on any atom is 0.182 e. The minimum atomic E-state index is 0. The molecule has 0 unspecified atom stereocenters. The molecular weight excluding hydrogens is 464 g/mol. The number of anilines is 4. The van der Waals surface area contributed by atoms with E-state index in [2.05, 4.69) is 22.6 Å². The summed E-state index contributed by atoms with van der Waals surface area (Å²) in [5, 5.41) is 0. The molecule has 0 N–H and O–H groups in total. The molecule has 0 bridgehead atoms. The van der Waals surface area contributed by atoms with Gasteiger partial charge in [0, 0.05) is 38.2 Å². The Balaban J connectivity index is 0.00000156. The second kappa shape index (κ2) is 6.32. The maximum absolute atomic E-state index is 4.49. The number of aromatic nitrogens is 2. The van der Waals surface area contributed by atoms with Crippen molar-refractivity contribution in [1.29, 1.82) is 0 Å². The van der Waals surface area contributed by atoms with Gasteiger partial charge in [-0.15, -0.1) is 6.07 Å². The minimum Gasteiger partial charge on any atom is -0.302 e. The molecule has 5 heteroatoms. The summed E-state index contributed by atoms with van der Waals surface area (Å²) in [6, 6.07) is 21.0. The van der Waals surface area contributed by atoms with Crippen LogP contribution in [-0.2, 0) is 20.1 Å². The first-order chi connectivity index (χ1) is 10.9. The van der Waals surface area contributed by atoms with Gasteiger partial charge in [0.1, 0.15) is 5.82 Å². The van der Waals surface area contributed by atoms with Crippen LogP contribution in [0.2, 0.25) is 0 Å². The standard InChI is InChI=1S/C18H13N4.Ir/c1-14-21(15-8-4-2-5-9-15)17-18(20-13-12-19-17)22(14)16-10-6-3-7-11-16;/h2-10,12-13H,1H2;/q-1;. The van der Waals surface area contributed by atoms with Crippen LogP contribution in [0.1, 0.15) is 0 Å². The van der Waals surface area contributed by atoms with Crippen LogP contribution in [0, 0.1) is 6.07 Å². The Morgan fingerprint density at radius 1 is 0.826 bits per heavy atom. The van der Waals surface area contributed by atoms with E-state index in [4.69, 9.17) is 0 Å². The van der Waals surface area contributed by atoms with Gasteiger partial charge in [0.25, 0.3) is 0 Å². The number of nitrogens with zero attached hydrogens (tertiary/aromatic N) is 4. The molecular formula is C18H13IrN4-. The Morgan fingerprint density at radius 3 is 2.13 bits per heavy atom. The van der Waals surface area contributed by atoms with Crippen LogP contribution in [0.25, 0.3) is 0 Å². The van der Waals surface area contributed by atoms with Crippen molar-refractivity contribution < 1.29 is 20.1 Å². The van der Waals surface area contributed by atoms with Gasteiger partial charge >= 0.3 is 0 Å². The molecule has 0 amide bonds. The molecule has 1 radical (unpaired) electrons. The molecule has 4 rings (SSSR count). The van der Waals surface area contributed by atoms with Crippen molar-refractivity contribution in [3.05, 3.63) is 85.5 Å². The van der Waals surface area contributed by atoms with E-state index >= 15 is 0 Å². The van der Waals surface area contributed by atoms with Gasteiger partial charge in [-0.25, -0.2) is 9.97 Å². The van der Waals surface area contributed by atoms with E-state index in [9.17, 15) is 0 Å². The van der Waals surface area contributed by atoms with Gasteiger partial charge in [-0.2, -0.15) is 24.3 Å². The van der Waals surface area contributed by atoms with E-state index in [1.165, 1.54) is 0 Å². The van der Waals surface area contributed by atoms with Crippen LogP contribution < -0.4 is 9.80 Å². The molecule has 3 aromatic rings. The Labute approximate surface area is 148 Å². The maximum atomic E-state index is 4.49. The molecule has 23 heavy (non-hydrogen) atoms. The fourth-order valence-electron chi connectivity index (χ4n) is 2.61. The molecule has 0 spiro atoms. The van der Waals surface area contributed by atoms with Gasteiger partial charge in [-0.1, -0.05) is 30.5 Å². The summed E-state index contributed by atoms with van der Waals surface area (Å²) >= 11 is 0. The van der Waals surface area contributed by atoms with E-state index in [0.717, 1.165) is 28.8 Å². The van der Waals surface area contributed by atoms with Crippen molar-refractivity contribution in [2.75, 3.05) is 9.80 Å². The third-order valence-corrected chi connectivity index (χ3v) is 3.55. The molecule has 1 aliphatic rings. The van der Waals surface area contributed by atoms with Crippen molar-refractivity contribution in [3.63, 3.8) is 0 Å². The Morgan fingerprint density at radius 2 is 1.48 bits per heavy atom. The van der Waals surface area contributed by atoms with Crippen LogP contribution in [0.3, 0.4) is 0 Å². The van der Waals surface area contributed by atoms with E-state index in [1.54, 1.807) is 12.4 Å². The van der Waals surface area contributed by atoms with Gasteiger partial charge in [0.05, 0.1) is 0 Å². The van der Waals surface area contributed by atoms with Crippen LogP contribution in [-0.4, -0.2) is 9.97 Å². The zero-order valence-corrected chi connectivity index (χ0v) is 14.6. The van der Waals surface area contributed by atoms with E-state index in [-0.39, 0.29) is 20.1 Å². The average Bonchev–Trinajstić information content (AvgIpc) is 2.88. The molecule has 0 aliphatic carbocycles. The van der Waals surface area contributed by atoms with Gasteiger partial charge < -0.3 is 4.90 Å². The fourth-order valence-corrected chi connectivity index (χ4v) is 2.61. The van der Waals surface area contributed by atoms with Crippen LogP contribution >= 0.6 is 0 Å². The van der Waals surface area contributed by atoms with Crippen molar-refractivity contribution in [1.82, 2.24) is 9.97 Å². The second-order valence-electron chi connectivity index (χ2n) is 4.87.